The van der Waals surface area contributed by atoms with Gasteiger partial charge in [-0.05, 0) is 18.2 Å². The summed E-state index contributed by atoms with van der Waals surface area (Å²) in [6.45, 7) is -0.162. The molecule has 3 rings (SSSR count). The van der Waals surface area contributed by atoms with E-state index in [1.165, 1.54) is 16.9 Å². The van der Waals surface area contributed by atoms with Gasteiger partial charge in [-0.15, -0.1) is 0 Å². The summed E-state index contributed by atoms with van der Waals surface area (Å²) in [6, 6.07) is 6.00. The summed E-state index contributed by atoms with van der Waals surface area (Å²) in [6.07, 6.45) is 1.34. The highest BCUT2D eigenvalue weighted by Crippen LogP contribution is 2.31. The largest absolute Gasteiger partial charge is 0.470 e. The molecule has 1 heterocycles. The molecule has 0 aliphatic heterocycles. The van der Waals surface area contributed by atoms with Crippen LogP contribution >= 0.6 is 23.2 Å². The Morgan fingerprint density at radius 3 is 2.46 bits per heavy atom. The zero-order valence-electron chi connectivity index (χ0n) is 13.6. The van der Waals surface area contributed by atoms with Crippen molar-refractivity contribution >= 4 is 34.8 Å². The summed E-state index contributed by atoms with van der Waals surface area (Å²) in [4.78, 5) is 12.1. The van der Waals surface area contributed by atoms with E-state index in [0.29, 0.717) is 0 Å². The Kier molecular flexibility index (Phi) is 5.76. The van der Waals surface area contributed by atoms with Gasteiger partial charge in [0.15, 0.2) is 35.7 Å². The van der Waals surface area contributed by atoms with Crippen molar-refractivity contribution in [2.45, 2.75) is 6.73 Å². The van der Waals surface area contributed by atoms with E-state index < -0.39 is 34.9 Å². The van der Waals surface area contributed by atoms with Crippen LogP contribution in [0, 0.1) is 23.3 Å². The number of hydrogen-bond donors (Lipinski definition) is 1. The molecule has 28 heavy (non-hydrogen) atoms. The van der Waals surface area contributed by atoms with Crippen LogP contribution in [0.4, 0.5) is 23.2 Å². The maximum absolute atomic E-state index is 13.6. The van der Waals surface area contributed by atoms with E-state index >= 15 is 0 Å². The molecule has 0 aliphatic rings. The number of aromatic nitrogens is 2. The average molecular weight is 434 g/mol. The lowest BCUT2D eigenvalue weighted by atomic mass is 10.2. The van der Waals surface area contributed by atoms with Crippen molar-refractivity contribution in [2.24, 2.45) is 0 Å². The van der Waals surface area contributed by atoms with E-state index in [1.54, 1.807) is 23.5 Å². The summed E-state index contributed by atoms with van der Waals surface area (Å²) < 4.78 is 60.3. The van der Waals surface area contributed by atoms with Crippen molar-refractivity contribution in [3.63, 3.8) is 0 Å². The maximum Gasteiger partial charge on any atom is 0.276 e. The number of amides is 1. The van der Waals surface area contributed by atoms with Gasteiger partial charge in [-0.1, -0.05) is 29.3 Å². The Bertz CT molecular complexity index is 1030. The first kappa shape index (κ1) is 20.0. The predicted octanol–water partition coefficient (Wildman–Crippen LogP) is 5.04. The van der Waals surface area contributed by atoms with E-state index in [4.69, 9.17) is 27.9 Å². The standard InChI is InChI=1S/C17H9Cl2F4N3O2/c18-8-2-1-3-12(13(8)19)28-7-26-5-4-11(25-26)17(27)24-16-14(22)9(20)6-10(21)15(16)23/h1-6H,7H2,(H,24,27). The van der Waals surface area contributed by atoms with Crippen LogP contribution < -0.4 is 10.1 Å². The molecule has 0 atom stereocenters. The van der Waals surface area contributed by atoms with E-state index in [1.807, 2.05) is 0 Å². The van der Waals surface area contributed by atoms with Gasteiger partial charge in [0, 0.05) is 12.3 Å². The molecule has 0 saturated carbocycles. The molecule has 0 spiro atoms. The van der Waals surface area contributed by atoms with Crippen LogP contribution in [0.2, 0.25) is 10.0 Å². The third-order valence-corrected chi connectivity index (χ3v) is 4.29. The van der Waals surface area contributed by atoms with Gasteiger partial charge in [-0.3, -0.25) is 4.79 Å². The van der Waals surface area contributed by atoms with Gasteiger partial charge in [-0.2, -0.15) is 5.10 Å². The van der Waals surface area contributed by atoms with Crippen LogP contribution in [0.3, 0.4) is 0 Å². The van der Waals surface area contributed by atoms with E-state index in [9.17, 15) is 22.4 Å². The second kappa shape index (κ2) is 8.07. The second-order valence-electron chi connectivity index (χ2n) is 5.36. The summed E-state index contributed by atoms with van der Waals surface area (Å²) in [5, 5.41) is 6.08. The molecule has 0 fully saturated rings. The first-order valence-corrected chi connectivity index (χ1v) is 8.28. The molecule has 1 aromatic heterocycles. The molecule has 1 N–H and O–H groups in total. The van der Waals surface area contributed by atoms with Crippen molar-refractivity contribution in [1.29, 1.82) is 0 Å². The first-order chi connectivity index (χ1) is 13.3. The fraction of sp³-hybridized carbons (Fsp3) is 0.0588. The molecule has 3 aromatic rings. The van der Waals surface area contributed by atoms with Crippen LogP contribution in [0.25, 0.3) is 0 Å². The number of carbonyl (C=O) groups is 1. The Labute approximate surface area is 165 Å². The highest BCUT2D eigenvalue weighted by molar-refractivity contribution is 6.42. The fourth-order valence-corrected chi connectivity index (χ4v) is 2.49. The van der Waals surface area contributed by atoms with E-state index in [2.05, 4.69) is 5.10 Å². The van der Waals surface area contributed by atoms with Crippen molar-refractivity contribution < 1.29 is 27.1 Å². The number of nitrogens with zero attached hydrogens (tertiary/aromatic N) is 2. The van der Waals surface area contributed by atoms with Crippen molar-refractivity contribution in [3.8, 4) is 5.75 Å². The SMILES string of the molecule is O=C(Nc1c(F)c(F)cc(F)c1F)c1ccn(COc2cccc(Cl)c2Cl)n1. The monoisotopic (exact) mass is 433 g/mol. The second-order valence-corrected chi connectivity index (χ2v) is 6.15. The topological polar surface area (TPSA) is 56.2 Å². The Morgan fingerprint density at radius 2 is 1.79 bits per heavy atom. The number of rotatable bonds is 5. The minimum Gasteiger partial charge on any atom is -0.470 e. The molecule has 0 bridgehead atoms. The summed E-state index contributed by atoms with van der Waals surface area (Å²) in [5.74, 6) is -7.56. The lowest BCUT2D eigenvalue weighted by Crippen LogP contribution is -2.17. The van der Waals surface area contributed by atoms with Gasteiger partial charge < -0.3 is 10.1 Å². The zero-order valence-corrected chi connectivity index (χ0v) is 15.2. The van der Waals surface area contributed by atoms with Crippen molar-refractivity contribution in [1.82, 2.24) is 9.78 Å². The van der Waals surface area contributed by atoms with Gasteiger partial charge in [0.25, 0.3) is 5.91 Å². The molecule has 0 unspecified atom stereocenters. The van der Waals surface area contributed by atoms with Crippen LogP contribution in [-0.4, -0.2) is 15.7 Å². The smallest absolute Gasteiger partial charge is 0.276 e. The molecule has 11 heteroatoms. The molecule has 1 amide bonds. The number of nitrogens with one attached hydrogen (secondary N) is 1. The lowest BCUT2D eigenvalue weighted by Gasteiger charge is -2.09. The number of anilines is 1. The number of ether oxygens (including phenoxy) is 1. The van der Waals surface area contributed by atoms with E-state index in [0.717, 1.165) is 0 Å². The quantitative estimate of drug-likeness (QED) is 0.453. The number of halogens is 6. The first-order valence-electron chi connectivity index (χ1n) is 7.52. The molecule has 5 nitrogen and oxygen atoms in total. The van der Waals surface area contributed by atoms with Gasteiger partial charge in [0.05, 0.1) is 5.02 Å². The fourth-order valence-electron chi connectivity index (χ4n) is 2.15. The molecular weight excluding hydrogens is 425 g/mol. The molecule has 146 valence electrons. The van der Waals surface area contributed by atoms with Crippen LogP contribution in [0.5, 0.6) is 5.75 Å². The van der Waals surface area contributed by atoms with E-state index in [-0.39, 0.29) is 34.3 Å². The normalized spacial score (nSPS) is 10.8. The maximum atomic E-state index is 13.6. The minimum atomic E-state index is -1.73. The predicted molar refractivity (Wildman–Crippen MR) is 93.5 cm³/mol. The third kappa shape index (κ3) is 4.05. The van der Waals surface area contributed by atoms with Crippen LogP contribution in [-0.2, 0) is 6.73 Å². The van der Waals surface area contributed by atoms with Gasteiger partial charge >= 0.3 is 0 Å². The zero-order chi connectivity index (χ0) is 20.4. The molecule has 0 aliphatic carbocycles. The van der Waals surface area contributed by atoms with Gasteiger partial charge in [0.1, 0.15) is 16.5 Å². The highest BCUT2D eigenvalue weighted by Gasteiger charge is 2.22. The lowest BCUT2D eigenvalue weighted by molar-refractivity contribution is 0.101. The number of hydrogen-bond acceptors (Lipinski definition) is 3. The molecule has 2 aromatic carbocycles. The third-order valence-electron chi connectivity index (χ3n) is 3.49. The summed E-state index contributed by atoms with van der Waals surface area (Å²) in [7, 11) is 0. The highest BCUT2D eigenvalue weighted by atomic mass is 35.5. The molecule has 0 radical (unpaired) electrons. The Hall–Kier alpha value is -2.78. The van der Waals surface area contributed by atoms with Crippen molar-refractivity contribution in [2.75, 3.05) is 5.32 Å². The average Bonchev–Trinajstić information content (AvgIpc) is 3.14. The Morgan fingerprint density at radius 1 is 1.11 bits per heavy atom. The minimum absolute atomic E-state index is 0.0351. The summed E-state index contributed by atoms with van der Waals surface area (Å²) >= 11 is 11.8. The number of carbonyl (C=O) groups excluding carboxylic acids is 1. The van der Waals surface area contributed by atoms with Gasteiger partial charge in [-0.25, -0.2) is 22.2 Å². The molecule has 0 saturated heterocycles. The van der Waals surface area contributed by atoms with Crippen molar-refractivity contribution in [3.05, 3.63) is 75.5 Å². The molecular formula is C17H9Cl2F4N3O2. The number of benzene rings is 2. The van der Waals surface area contributed by atoms with Gasteiger partial charge in [0.2, 0.25) is 0 Å². The van der Waals surface area contributed by atoms with Crippen LogP contribution in [0.1, 0.15) is 10.5 Å². The summed E-state index contributed by atoms with van der Waals surface area (Å²) in [5.41, 5.74) is -1.52. The Balaban J connectivity index is 1.72. The van der Waals surface area contributed by atoms with Crippen LogP contribution in [0.15, 0.2) is 36.5 Å².